The number of carbonyl (C=O) groups excluding carboxylic acids is 2. The van der Waals surface area contributed by atoms with Gasteiger partial charge in [-0.25, -0.2) is 4.90 Å². The van der Waals surface area contributed by atoms with Gasteiger partial charge in [0.25, 0.3) is 5.91 Å². The molecule has 1 aliphatic heterocycles. The maximum atomic E-state index is 12.6. The average molecular weight is 308 g/mol. The van der Waals surface area contributed by atoms with Crippen molar-refractivity contribution < 1.29 is 9.59 Å². The van der Waals surface area contributed by atoms with Crippen LogP contribution in [0.15, 0.2) is 42.5 Å². The van der Waals surface area contributed by atoms with E-state index in [9.17, 15) is 9.59 Å². The van der Waals surface area contributed by atoms with Crippen molar-refractivity contribution in [2.24, 2.45) is 0 Å². The Kier molecular flexibility index (Phi) is 3.90. The molecule has 1 heterocycles. The second-order valence-electron chi connectivity index (χ2n) is 6.05. The van der Waals surface area contributed by atoms with Gasteiger partial charge < -0.3 is 5.32 Å². The zero-order chi connectivity index (χ0) is 16.6. The summed E-state index contributed by atoms with van der Waals surface area (Å²) in [5, 5.41) is 3.23. The monoisotopic (exact) mass is 308 g/mol. The minimum Gasteiger partial charge on any atom is -0.373 e. The topological polar surface area (TPSA) is 49.4 Å². The Balaban J connectivity index is 1.84. The molecule has 0 spiro atoms. The molecular weight excluding hydrogens is 288 g/mol. The molecule has 2 amide bonds. The standard InChI is InChI=1S/C19H20N2O2/c1-12-7-9-15(10-8-12)21-18(22)11-17(19(21)23)20-16-6-4-5-13(2)14(16)3/h4-10,17,20H,11H2,1-3H3/t17-/m0/s1. The zero-order valence-corrected chi connectivity index (χ0v) is 13.6. The van der Waals surface area contributed by atoms with Crippen molar-refractivity contribution in [2.75, 3.05) is 10.2 Å². The number of aryl methyl sites for hydroxylation is 2. The number of hydrogen-bond acceptors (Lipinski definition) is 3. The van der Waals surface area contributed by atoms with Crippen molar-refractivity contribution >= 4 is 23.2 Å². The molecule has 118 valence electrons. The number of nitrogens with zero attached hydrogens (tertiary/aromatic N) is 1. The third-order valence-corrected chi connectivity index (χ3v) is 4.37. The minimum absolute atomic E-state index is 0.165. The molecule has 4 heteroatoms. The predicted octanol–water partition coefficient (Wildman–Crippen LogP) is 3.36. The van der Waals surface area contributed by atoms with E-state index in [1.54, 1.807) is 0 Å². The third kappa shape index (κ3) is 2.84. The fraction of sp³-hybridized carbons (Fsp3) is 0.263. The van der Waals surface area contributed by atoms with E-state index in [0.29, 0.717) is 5.69 Å². The van der Waals surface area contributed by atoms with Crippen molar-refractivity contribution in [1.82, 2.24) is 0 Å². The summed E-state index contributed by atoms with van der Waals surface area (Å²) < 4.78 is 0. The van der Waals surface area contributed by atoms with Gasteiger partial charge in [0, 0.05) is 5.69 Å². The molecule has 2 aromatic carbocycles. The molecule has 0 bridgehead atoms. The van der Waals surface area contributed by atoms with E-state index in [-0.39, 0.29) is 18.2 Å². The Morgan fingerprint density at radius 2 is 1.70 bits per heavy atom. The largest absolute Gasteiger partial charge is 0.373 e. The fourth-order valence-electron chi connectivity index (χ4n) is 2.80. The third-order valence-electron chi connectivity index (χ3n) is 4.37. The minimum atomic E-state index is -0.510. The summed E-state index contributed by atoms with van der Waals surface area (Å²) in [6.45, 7) is 6.01. The van der Waals surface area contributed by atoms with Crippen molar-refractivity contribution in [3.05, 3.63) is 59.2 Å². The molecule has 0 saturated carbocycles. The lowest BCUT2D eigenvalue weighted by atomic mass is 10.1. The molecule has 1 aliphatic rings. The zero-order valence-electron chi connectivity index (χ0n) is 13.6. The van der Waals surface area contributed by atoms with Gasteiger partial charge in [0.2, 0.25) is 5.91 Å². The molecule has 1 fully saturated rings. The van der Waals surface area contributed by atoms with Gasteiger partial charge >= 0.3 is 0 Å². The summed E-state index contributed by atoms with van der Waals surface area (Å²) in [7, 11) is 0. The van der Waals surface area contributed by atoms with Crippen LogP contribution in [0.2, 0.25) is 0 Å². The van der Waals surface area contributed by atoms with Crippen LogP contribution in [0, 0.1) is 20.8 Å². The van der Waals surface area contributed by atoms with E-state index in [1.807, 2.05) is 63.2 Å². The number of nitrogens with one attached hydrogen (secondary N) is 1. The highest BCUT2D eigenvalue weighted by atomic mass is 16.2. The van der Waals surface area contributed by atoms with Crippen LogP contribution in [-0.4, -0.2) is 17.9 Å². The smallest absolute Gasteiger partial charge is 0.256 e. The van der Waals surface area contributed by atoms with Gasteiger partial charge in [-0.15, -0.1) is 0 Å². The van der Waals surface area contributed by atoms with Crippen molar-refractivity contribution in [2.45, 2.75) is 33.2 Å². The Hall–Kier alpha value is -2.62. The first kappa shape index (κ1) is 15.3. The number of benzene rings is 2. The molecule has 1 N–H and O–H groups in total. The van der Waals surface area contributed by atoms with Crippen LogP contribution in [0.5, 0.6) is 0 Å². The van der Waals surface area contributed by atoms with Crippen LogP contribution < -0.4 is 10.2 Å². The lowest BCUT2D eigenvalue weighted by Crippen LogP contribution is -2.34. The molecule has 1 atom stereocenters. The van der Waals surface area contributed by atoms with Gasteiger partial charge in [0.05, 0.1) is 12.1 Å². The SMILES string of the molecule is Cc1ccc(N2C(=O)C[C@H](Nc3cccc(C)c3C)C2=O)cc1. The van der Waals surface area contributed by atoms with Crippen LogP contribution in [0.1, 0.15) is 23.1 Å². The first-order valence-corrected chi connectivity index (χ1v) is 7.73. The lowest BCUT2D eigenvalue weighted by molar-refractivity contribution is -0.121. The molecule has 0 aromatic heterocycles. The van der Waals surface area contributed by atoms with Crippen LogP contribution in [0.4, 0.5) is 11.4 Å². The van der Waals surface area contributed by atoms with Crippen LogP contribution in [0.25, 0.3) is 0 Å². The average Bonchev–Trinajstić information content (AvgIpc) is 2.79. The van der Waals surface area contributed by atoms with Crippen LogP contribution in [0.3, 0.4) is 0 Å². The highest BCUT2D eigenvalue weighted by Gasteiger charge is 2.39. The highest BCUT2D eigenvalue weighted by molar-refractivity contribution is 6.23. The Morgan fingerprint density at radius 3 is 2.39 bits per heavy atom. The molecule has 0 aliphatic carbocycles. The summed E-state index contributed by atoms with van der Waals surface area (Å²) in [4.78, 5) is 26.2. The van der Waals surface area contributed by atoms with E-state index in [2.05, 4.69) is 5.32 Å². The lowest BCUT2D eigenvalue weighted by Gasteiger charge is -2.17. The number of rotatable bonds is 3. The maximum absolute atomic E-state index is 12.6. The molecule has 0 radical (unpaired) electrons. The van der Waals surface area contributed by atoms with Crippen molar-refractivity contribution in [3.8, 4) is 0 Å². The number of imide groups is 1. The van der Waals surface area contributed by atoms with Crippen LogP contribution >= 0.6 is 0 Å². The normalized spacial score (nSPS) is 17.7. The van der Waals surface area contributed by atoms with Gasteiger partial charge in [-0.05, 0) is 50.1 Å². The molecule has 23 heavy (non-hydrogen) atoms. The summed E-state index contributed by atoms with van der Waals surface area (Å²) >= 11 is 0. The summed E-state index contributed by atoms with van der Waals surface area (Å²) in [6, 6.07) is 12.8. The van der Waals surface area contributed by atoms with Gasteiger partial charge in [-0.3, -0.25) is 9.59 Å². The van der Waals surface area contributed by atoms with Gasteiger partial charge in [-0.1, -0.05) is 29.8 Å². The molecule has 1 saturated heterocycles. The second-order valence-corrected chi connectivity index (χ2v) is 6.05. The quantitative estimate of drug-likeness (QED) is 0.885. The summed E-state index contributed by atoms with van der Waals surface area (Å²) in [5.74, 6) is -0.360. The van der Waals surface area contributed by atoms with Crippen molar-refractivity contribution in [3.63, 3.8) is 0 Å². The first-order valence-electron chi connectivity index (χ1n) is 7.73. The molecule has 2 aromatic rings. The molecule has 4 nitrogen and oxygen atoms in total. The number of carbonyl (C=O) groups is 2. The van der Waals surface area contributed by atoms with Gasteiger partial charge in [-0.2, -0.15) is 0 Å². The van der Waals surface area contributed by atoms with Crippen LogP contribution in [-0.2, 0) is 9.59 Å². The summed E-state index contributed by atoms with van der Waals surface area (Å²) in [5.41, 5.74) is 4.89. The Morgan fingerprint density at radius 1 is 1.00 bits per heavy atom. The highest BCUT2D eigenvalue weighted by Crippen LogP contribution is 2.27. The molecule has 0 unspecified atom stereocenters. The molecular formula is C19H20N2O2. The number of anilines is 2. The fourth-order valence-corrected chi connectivity index (χ4v) is 2.80. The van der Waals surface area contributed by atoms with Gasteiger partial charge in [0.15, 0.2) is 0 Å². The van der Waals surface area contributed by atoms with Gasteiger partial charge in [0.1, 0.15) is 6.04 Å². The Bertz CT molecular complexity index is 765. The second kappa shape index (κ2) is 5.88. The van der Waals surface area contributed by atoms with E-state index in [0.717, 1.165) is 22.4 Å². The van der Waals surface area contributed by atoms with E-state index < -0.39 is 6.04 Å². The number of hydrogen-bond donors (Lipinski definition) is 1. The summed E-state index contributed by atoms with van der Waals surface area (Å²) in [6.07, 6.45) is 0.181. The maximum Gasteiger partial charge on any atom is 0.256 e. The Labute approximate surface area is 136 Å². The van der Waals surface area contributed by atoms with E-state index in [4.69, 9.17) is 0 Å². The van der Waals surface area contributed by atoms with E-state index in [1.165, 1.54) is 4.90 Å². The molecule has 3 rings (SSSR count). The van der Waals surface area contributed by atoms with Crippen molar-refractivity contribution in [1.29, 1.82) is 0 Å². The first-order chi connectivity index (χ1) is 11.0. The van der Waals surface area contributed by atoms with E-state index >= 15 is 0 Å². The predicted molar refractivity (Wildman–Crippen MR) is 91.6 cm³/mol. The number of amides is 2.